The molecule has 2 heterocycles. The maximum absolute atomic E-state index is 13.8. The molecule has 0 fully saturated rings. The van der Waals surface area contributed by atoms with Crippen molar-refractivity contribution >= 4 is 34.5 Å². The smallest absolute Gasteiger partial charge is 0.350 e. The molecule has 0 saturated heterocycles. The molecule has 0 unspecified atom stereocenters. The molecular formula is C21H14F4N6O2. The van der Waals surface area contributed by atoms with Gasteiger partial charge in [-0.25, -0.2) is 19.0 Å². The number of halogens is 4. The van der Waals surface area contributed by atoms with Crippen molar-refractivity contribution in [2.75, 3.05) is 10.6 Å². The first kappa shape index (κ1) is 21.7. The molecule has 168 valence electrons. The normalized spacial score (nSPS) is 11.4. The molecule has 0 atom stereocenters. The van der Waals surface area contributed by atoms with Crippen molar-refractivity contribution < 1.29 is 27.2 Å². The topological polar surface area (TPSA) is 115 Å². The van der Waals surface area contributed by atoms with Crippen LogP contribution in [0.4, 0.5) is 38.5 Å². The third-order valence-electron chi connectivity index (χ3n) is 4.61. The van der Waals surface area contributed by atoms with Gasteiger partial charge in [0.2, 0.25) is 0 Å². The van der Waals surface area contributed by atoms with Crippen molar-refractivity contribution in [3.8, 4) is 11.3 Å². The van der Waals surface area contributed by atoms with Gasteiger partial charge in [0.15, 0.2) is 5.65 Å². The van der Waals surface area contributed by atoms with Crippen LogP contribution in [0.2, 0.25) is 0 Å². The second-order valence-corrected chi connectivity index (χ2v) is 6.85. The lowest BCUT2D eigenvalue weighted by Gasteiger charge is -2.12. The van der Waals surface area contributed by atoms with Gasteiger partial charge >= 0.3 is 18.2 Å². The van der Waals surface area contributed by atoms with Gasteiger partial charge in [-0.15, -0.1) is 0 Å². The molecule has 2 aromatic heterocycles. The summed E-state index contributed by atoms with van der Waals surface area (Å²) in [6.45, 7) is 0. The second kappa shape index (κ2) is 8.22. The summed E-state index contributed by atoms with van der Waals surface area (Å²) in [5.41, 5.74) is 5.30. The molecule has 0 saturated carbocycles. The monoisotopic (exact) mass is 458 g/mol. The number of primary amides is 1. The van der Waals surface area contributed by atoms with Crippen molar-refractivity contribution in [3.63, 3.8) is 0 Å². The van der Waals surface area contributed by atoms with Gasteiger partial charge in [0, 0.05) is 16.6 Å². The summed E-state index contributed by atoms with van der Waals surface area (Å²) in [6, 6.07) is 9.73. The summed E-state index contributed by atoms with van der Waals surface area (Å²) < 4.78 is 53.2. The van der Waals surface area contributed by atoms with E-state index in [-0.39, 0.29) is 5.65 Å². The number of amides is 3. The minimum absolute atomic E-state index is 0.282. The summed E-state index contributed by atoms with van der Waals surface area (Å²) in [5, 5.41) is 8.96. The summed E-state index contributed by atoms with van der Waals surface area (Å²) in [5.74, 6) is -1.01. The molecule has 0 aliphatic heterocycles. The highest BCUT2D eigenvalue weighted by Crippen LogP contribution is 2.32. The van der Waals surface area contributed by atoms with Crippen LogP contribution in [0.1, 0.15) is 5.56 Å². The zero-order chi connectivity index (χ0) is 23.8. The van der Waals surface area contributed by atoms with Gasteiger partial charge in [0.05, 0.1) is 23.1 Å². The number of benzene rings is 2. The number of rotatable bonds is 3. The Labute approximate surface area is 183 Å². The minimum Gasteiger partial charge on any atom is -0.350 e. The van der Waals surface area contributed by atoms with E-state index in [2.05, 4.69) is 20.7 Å². The fourth-order valence-electron chi connectivity index (χ4n) is 3.03. The molecule has 4 rings (SSSR count). The van der Waals surface area contributed by atoms with E-state index in [0.29, 0.717) is 40.5 Å². The Balaban J connectivity index is 1.49. The van der Waals surface area contributed by atoms with Gasteiger partial charge in [-0.2, -0.15) is 23.0 Å². The fraction of sp³-hybridized carbons (Fsp3) is 0.0476. The third-order valence-corrected chi connectivity index (χ3v) is 4.61. The molecule has 12 heteroatoms. The molecule has 0 aliphatic carbocycles. The number of hydrogen-bond acceptors (Lipinski definition) is 4. The van der Waals surface area contributed by atoms with Gasteiger partial charge in [0.25, 0.3) is 0 Å². The molecule has 0 radical (unpaired) electrons. The summed E-state index contributed by atoms with van der Waals surface area (Å²) in [4.78, 5) is 28.0. The van der Waals surface area contributed by atoms with Crippen molar-refractivity contribution in [2.45, 2.75) is 6.18 Å². The maximum atomic E-state index is 13.8. The van der Waals surface area contributed by atoms with E-state index in [1.54, 1.807) is 24.3 Å². The van der Waals surface area contributed by atoms with Crippen LogP contribution in [-0.2, 0) is 6.18 Å². The summed E-state index contributed by atoms with van der Waals surface area (Å²) in [7, 11) is 0. The predicted molar refractivity (Wildman–Crippen MR) is 112 cm³/mol. The molecule has 0 bridgehead atoms. The van der Waals surface area contributed by atoms with Gasteiger partial charge in [0.1, 0.15) is 5.82 Å². The first-order chi connectivity index (χ1) is 15.6. The van der Waals surface area contributed by atoms with Crippen LogP contribution in [0.25, 0.3) is 22.3 Å². The second-order valence-electron chi connectivity index (χ2n) is 6.85. The Morgan fingerprint density at radius 2 is 1.70 bits per heavy atom. The zero-order valence-corrected chi connectivity index (χ0v) is 16.5. The number of aromatic nitrogens is 3. The van der Waals surface area contributed by atoms with Crippen LogP contribution in [-0.4, -0.2) is 26.8 Å². The van der Waals surface area contributed by atoms with E-state index in [9.17, 15) is 27.2 Å². The van der Waals surface area contributed by atoms with Gasteiger partial charge in [-0.1, -0.05) is 12.1 Å². The number of nitrogens with zero attached hydrogens (tertiary/aromatic N) is 3. The van der Waals surface area contributed by atoms with Crippen molar-refractivity contribution in [3.05, 3.63) is 72.2 Å². The van der Waals surface area contributed by atoms with Crippen LogP contribution < -0.4 is 16.4 Å². The van der Waals surface area contributed by atoms with E-state index in [0.717, 1.165) is 4.68 Å². The SMILES string of the molecule is NC(=O)n1ncc2ccc(-c3ccc(NC(=O)Nc4cc(C(F)(F)F)ccc4F)cc3)nc21. The number of nitrogens with one attached hydrogen (secondary N) is 2. The Morgan fingerprint density at radius 3 is 2.36 bits per heavy atom. The number of anilines is 2. The van der Waals surface area contributed by atoms with E-state index >= 15 is 0 Å². The minimum atomic E-state index is -4.68. The maximum Gasteiger partial charge on any atom is 0.416 e. The van der Waals surface area contributed by atoms with Gasteiger partial charge < -0.3 is 16.4 Å². The number of urea groups is 1. The van der Waals surface area contributed by atoms with E-state index in [4.69, 9.17) is 5.73 Å². The quantitative estimate of drug-likeness (QED) is 0.382. The number of alkyl halides is 3. The predicted octanol–water partition coefficient (Wildman–Crippen LogP) is 4.83. The summed E-state index contributed by atoms with van der Waals surface area (Å²) >= 11 is 0. The van der Waals surface area contributed by atoms with E-state index in [1.165, 1.54) is 18.3 Å². The third kappa shape index (κ3) is 4.59. The standard InChI is InChI=1S/C21H14F4N6O2/c22-15-7-4-13(21(23,24)25)9-17(15)30-20(33)28-14-5-1-11(2-6-14)16-8-3-12-10-27-31(19(26)32)18(12)29-16/h1-10H,(H2,26,32)(H2,28,30,33). The first-order valence-electron chi connectivity index (χ1n) is 9.31. The molecule has 0 spiro atoms. The van der Waals surface area contributed by atoms with Crippen LogP contribution in [0.15, 0.2) is 60.8 Å². The van der Waals surface area contributed by atoms with Gasteiger partial charge in [-0.3, -0.25) is 0 Å². The lowest BCUT2D eigenvalue weighted by Crippen LogP contribution is -2.21. The molecule has 4 N–H and O–H groups in total. The van der Waals surface area contributed by atoms with Crippen molar-refractivity contribution in [1.82, 2.24) is 14.8 Å². The van der Waals surface area contributed by atoms with Gasteiger partial charge in [-0.05, 0) is 42.5 Å². The summed E-state index contributed by atoms with van der Waals surface area (Å²) in [6.07, 6.45) is -3.22. The molecule has 0 aliphatic rings. The number of nitrogens with two attached hydrogens (primary N) is 1. The highest BCUT2D eigenvalue weighted by atomic mass is 19.4. The molecule has 33 heavy (non-hydrogen) atoms. The van der Waals surface area contributed by atoms with E-state index < -0.39 is 35.3 Å². The van der Waals surface area contributed by atoms with Crippen LogP contribution in [0.3, 0.4) is 0 Å². The zero-order valence-electron chi connectivity index (χ0n) is 16.5. The molecule has 8 nitrogen and oxygen atoms in total. The Bertz CT molecular complexity index is 1370. The average molecular weight is 458 g/mol. The largest absolute Gasteiger partial charge is 0.416 e. The number of pyridine rings is 1. The fourth-order valence-corrected chi connectivity index (χ4v) is 3.03. The number of fused-ring (bicyclic) bond motifs is 1. The number of carbonyl (C=O) groups excluding carboxylic acids is 2. The number of carbonyl (C=O) groups is 2. The Hall–Kier alpha value is -4.48. The van der Waals surface area contributed by atoms with Crippen LogP contribution in [0, 0.1) is 5.82 Å². The van der Waals surface area contributed by atoms with E-state index in [1.807, 2.05) is 0 Å². The highest BCUT2D eigenvalue weighted by molar-refractivity contribution is 6.00. The molecule has 2 aromatic carbocycles. The first-order valence-corrected chi connectivity index (χ1v) is 9.31. The van der Waals surface area contributed by atoms with Crippen LogP contribution >= 0.6 is 0 Å². The lowest BCUT2D eigenvalue weighted by atomic mass is 10.1. The van der Waals surface area contributed by atoms with Crippen molar-refractivity contribution in [2.24, 2.45) is 5.73 Å². The highest BCUT2D eigenvalue weighted by Gasteiger charge is 2.31. The molecule has 4 aromatic rings. The van der Waals surface area contributed by atoms with Crippen LogP contribution in [0.5, 0.6) is 0 Å². The average Bonchev–Trinajstić information content (AvgIpc) is 3.18. The Kier molecular flexibility index (Phi) is 5.42. The van der Waals surface area contributed by atoms with Crippen molar-refractivity contribution in [1.29, 1.82) is 0 Å². The molecular weight excluding hydrogens is 444 g/mol. The Morgan fingerprint density at radius 1 is 0.970 bits per heavy atom. The number of hydrogen-bond donors (Lipinski definition) is 3. The lowest BCUT2D eigenvalue weighted by molar-refractivity contribution is -0.137. The molecule has 3 amide bonds.